The second-order valence-electron chi connectivity index (χ2n) is 8.88. The maximum absolute atomic E-state index is 3.83. The summed E-state index contributed by atoms with van der Waals surface area (Å²) in [4.78, 5) is 4.60. The summed E-state index contributed by atoms with van der Waals surface area (Å²) in [5, 5.41) is 2.44. The molecule has 0 aliphatic heterocycles. The molecule has 0 spiro atoms. The molecule has 0 aliphatic carbocycles. The van der Waals surface area contributed by atoms with Crippen molar-refractivity contribution >= 4 is 60.8 Å². The lowest BCUT2D eigenvalue weighted by Crippen LogP contribution is -2.13. The molecule has 6 rings (SSSR count). The average molecular weight is 541 g/mol. The highest BCUT2D eigenvalue weighted by Gasteiger charge is 2.18. The van der Waals surface area contributed by atoms with Crippen LogP contribution in [0.4, 0.5) is 34.1 Å². The highest BCUT2D eigenvalue weighted by Crippen LogP contribution is 2.42. The molecule has 3 heteroatoms. The SMILES string of the molecule is Brc1cc(N(c2ccccc2)c2ccccc2)cc(N(c2ccccc2)c2ccc3ccccc3c2)c1. The highest BCUT2D eigenvalue weighted by molar-refractivity contribution is 9.10. The van der Waals surface area contributed by atoms with Crippen molar-refractivity contribution in [1.29, 1.82) is 0 Å². The number of hydrogen-bond acceptors (Lipinski definition) is 2. The monoisotopic (exact) mass is 540 g/mol. The number of nitrogens with zero attached hydrogens (tertiary/aromatic N) is 2. The minimum atomic E-state index is 1.01. The summed E-state index contributed by atoms with van der Waals surface area (Å²) in [6, 6.07) is 53.3. The molecule has 0 radical (unpaired) electrons. The maximum atomic E-state index is 3.83. The molecule has 0 atom stereocenters. The maximum Gasteiger partial charge on any atom is 0.0493 e. The van der Waals surface area contributed by atoms with Crippen LogP contribution in [-0.2, 0) is 0 Å². The van der Waals surface area contributed by atoms with Crippen molar-refractivity contribution in [3.05, 3.63) is 156 Å². The van der Waals surface area contributed by atoms with E-state index in [9.17, 15) is 0 Å². The Bertz CT molecular complexity index is 1590. The number of fused-ring (bicyclic) bond motifs is 1. The van der Waals surface area contributed by atoms with E-state index in [1.165, 1.54) is 10.8 Å². The first-order valence-corrected chi connectivity index (χ1v) is 13.1. The first kappa shape index (κ1) is 23.1. The molecule has 0 heterocycles. The molecule has 0 saturated heterocycles. The number of anilines is 6. The van der Waals surface area contributed by atoms with Gasteiger partial charge < -0.3 is 9.80 Å². The van der Waals surface area contributed by atoms with Gasteiger partial charge in [0.25, 0.3) is 0 Å². The van der Waals surface area contributed by atoms with Crippen LogP contribution in [0.2, 0.25) is 0 Å². The lowest BCUT2D eigenvalue weighted by Gasteiger charge is -2.30. The third kappa shape index (κ3) is 4.87. The van der Waals surface area contributed by atoms with Gasteiger partial charge in [-0.25, -0.2) is 0 Å². The Hall–Kier alpha value is -4.34. The van der Waals surface area contributed by atoms with Gasteiger partial charge in [-0.2, -0.15) is 0 Å². The first-order chi connectivity index (χ1) is 18.3. The molecular weight excluding hydrogens is 516 g/mol. The molecule has 0 fully saturated rings. The predicted molar refractivity (Wildman–Crippen MR) is 161 cm³/mol. The van der Waals surface area contributed by atoms with Gasteiger partial charge in [0.05, 0.1) is 0 Å². The molecule has 178 valence electrons. The molecule has 6 aromatic carbocycles. The Kier molecular flexibility index (Phi) is 6.45. The number of halogens is 1. The van der Waals surface area contributed by atoms with Gasteiger partial charge in [0.2, 0.25) is 0 Å². The van der Waals surface area contributed by atoms with Gasteiger partial charge in [-0.05, 0) is 77.5 Å². The van der Waals surface area contributed by atoms with Crippen LogP contribution in [0.1, 0.15) is 0 Å². The van der Waals surface area contributed by atoms with Crippen molar-refractivity contribution in [2.24, 2.45) is 0 Å². The van der Waals surface area contributed by atoms with Gasteiger partial charge in [0.15, 0.2) is 0 Å². The van der Waals surface area contributed by atoms with Crippen molar-refractivity contribution in [1.82, 2.24) is 0 Å². The van der Waals surface area contributed by atoms with Gasteiger partial charge in [0.1, 0.15) is 0 Å². The molecular formula is C34H25BrN2. The van der Waals surface area contributed by atoms with E-state index in [2.05, 4.69) is 177 Å². The van der Waals surface area contributed by atoms with Crippen LogP contribution in [0.3, 0.4) is 0 Å². The van der Waals surface area contributed by atoms with Gasteiger partial charge >= 0.3 is 0 Å². The van der Waals surface area contributed by atoms with E-state index in [1.807, 2.05) is 0 Å². The van der Waals surface area contributed by atoms with Crippen molar-refractivity contribution in [3.8, 4) is 0 Å². The van der Waals surface area contributed by atoms with Crippen LogP contribution in [-0.4, -0.2) is 0 Å². The van der Waals surface area contributed by atoms with E-state index in [-0.39, 0.29) is 0 Å². The predicted octanol–water partition coefficient (Wildman–Crippen LogP) is 10.5. The van der Waals surface area contributed by atoms with Crippen molar-refractivity contribution in [3.63, 3.8) is 0 Å². The van der Waals surface area contributed by atoms with E-state index in [4.69, 9.17) is 0 Å². The van der Waals surface area contributed by atoms with Gasteiger partial charge in [-0.3, -0.25) is 0 Å². The van der Waals surface area contributed by atoms with Crippen LogP contribution >= 0.6 is 15.9 Å². The molecule has 0 aromatic heterocycles. The molecule has 6 aromatic rings. The van der Waals surface area contributed by atoms with E-state index >= 15 is 0 Å². The molecule has 0 N–H and O–H groups in total. The van der Waals surface area contributed by atoms with Gasteiger partial charge in [-0.15, -0.1) is 0 Å². The lowest BCUT2D eigenvalue weighted by molar-refractivity contribution is 1.25. The second kappa shape index (κ2) is 10.3. The summed E-state index contributed by atoms with van der Waals surface area (Å²) in [6.45, 7) is 0. The van der Waals surface area contributed by atoms with Crippen LogP contribution in [0.5, 0.6) is 0 Å². The second-order valence-corrected chi connectivity index (χ2v) is 9.79. The summed E-state index contributed by atoms with van der Waals surface area (Å²) in [5.74, 6) is 0. The summed E-state index contributed by atoms with van der Waals surface area (Å²) in [6.07, 6.45) is 0. The van der Waals surface area contributed by atoms with E-state index in [0.717, 1.165) is 38.6 Å². The van der Waals surface area contributed by atoms with E-state index in [0.29, 0.717) is 0 Å². The minimum Gasteiger partial charge on any atom is -0.310 e. The van der Waals surface area contributed by atoms with Crippen LogP contribution in [0, 0.1) is 0 Å². The Morgan fingerprint density at radius 3 is 1.27 bits per heavy atom. The van der Waals surface area contributed by atoms with E-state index in [1.54, 1.807) is 0 Å². The molecule has 0 unspecified atom stereocenters. The molecule has 0 bridgehead atoms. The Morgan fingerprint density at radius 1 is 0.324 bits per heavy atom. The van der Waals surface area contributed by atoms with E-state index < -0.39 is 0 Å². The number of rotatable bonds is 6. The molecule has 0 amide bonds. The highest BCUT2D eigenvalue weighted by atomic mass is 79.9. The van der Waals surface area contributed by atoms with Crippen molar-refractivity contribution in [2.75, 3.05) is 9.80 Å². The third-order valence-electron chi connectivity index (χ3n) is 6.42. The molecule has 0 saturated carbocycles. The number of hydrogen-bond donors (Lipinski definition) is 0. The fourth-order valence-electron chi connectivity index (χ4n) is 4.76. The Balaban J connectivity index is 1.54. The average Bonchev–Trinajstić information content (AvgIpc) is 2.95. The zero-order valence-corrected chi connectivity index (χ0v) is 21.8. The first-order valence-electron chi connectivity index (χ1n) is 12.3. The summed E-state index contributed by atoms with van der Waals surface area (Å²) < 4.78 is 1.01. The van der Waals surface area contributed by atoms with Gasteiger partial charge in [-0.1, -0.05) is 101 Å². The fourth-order valence-corrected chi connectivity index (χ4v) is 5.23. The fraction of sp³-hybridized carbons (Fsp3) is 0. The minimum absolute atomic E-state index is 1.01. The van der Waals surface area contributed by atoms with Crippen LogP contribution in [0.15, 0.2) is 156 Å². The normalized spacial score (nSPS) is 10.8. The topological polar surface area (TPSA) is 6.48 Å². The van der Waals surface area contributed by atoms with Crippen LogP contribution < -0.4 is 9.80 Å². The standard InChI is InChI=1S/C34H25BrN2/c35-28-23-33(36(29-14-4-1-5-15-29)30-16-6-2-7-17-30)25-34(24-28)37(31-18-8-3-9-19-31)32-21-20-26-12-10-11-13-27(26)22-32/h1-25H. The lowest BCUT2D eigenvalue weighted by atomic mass is 10.1. The summed E-state index contributed by atoms with van der Waals surface area (Å²) in [7, 11) is 0. The number of para-hydroxylation sites is 3. The number of benzene rings is 6. The largest absolute Gasteiger partial charge is 0.310 e. The Morgan fingerprint density at radius 2 is 0.757 bits per heavy atom. The summed E-state index contributed by atoms with van der Waals surface area (Å²) in [5.41, 5.74) is 6.57. The molecule has 0 aliphatic rings. The molecule has 37 heavy (non-hydrogen) atoms. The summed E-state index contributed by atoms with van der Waals surface area (Å²) >= 11 is 3.83. The van der Waals surface area contributed by atoms with Crippen molar-refractivity contribution < 1.29 is 0 Å². The van der Waals surface area contributed by atoms with Crippen LogP contribution in [0.25, 0.3) is 10.8 Å². The quantitative estimate of drug-likeness (QED) is 0.207. The Labute approximate surface area is 226 Å². The zero-order valence-electron chi connectivity index (χ0n) is 20.2. The zero-order chi connectivity index (χ0) is 25.0. The smallest absolute Gasteiger partial charge is 0.0493 e. The molecule has 2 nitrogen and oxygen atoms in total. The van der Waals surface area contributed by atoms with Gasteiger partial charge in [0, 0.05) is 38.6 Å². The van der Waals surface area contributed by atoms with Crippen molar-refractivity contribution in [2.45, 2.75) is 0 Å². The third-order valence-corrected chi connectivity index (χ3v) is 6.88.